The van der Waals surface area contributed by atoms with Crippen LogP contribution in [0.25, 0.3) is 22.4 Å². The molecular formula is C23H21FN4O4S. The summed E-state index contributed by atoms with van der Waals surface area (Å²) >= 11 is 0. The average molecular weight is 469 g/mol. The Morgan fingerprint density at radius 2 is 1.73 bits per heavy atom. The van der Waals surface area contributed by atoms with E-state index in [9.17, 15) is 17.6 Å². The standard InChI is InChI=1S/C23H21FN4O4S/c1-14-3-9-18(10-4-14)33(30,31)26-12-11-25-22(29)19-13-20(16-5-7-17(24)8-6-16)27-23-21(19)15(2)28-32-23/h3-10,13,26H,11-12H2,1-2H3,(H,25,29). The first-order valence-corrected chi connectivity index (χ1v) is 11.6. The molecule has 0 spiro atoms. The summed E-state index contributed by atoms with van der Waals surface area (Å²) in [5.74, 6) is -0.826. The first-order chi connectivity index (χ1) is 15.7. The number of rotatable bonds is 7. The number of aromatic nitrogens is 2. The summed E-state index contributed by atoms with van der Waals surface area (Å²) < 4.78 is 45.8. The molecule has 33 heavy (non-hydrogen) atoms. The van der Waals surface area contributed by atoms with Crippen LogP contribution in [-0.4, -0.2) is 37.6 Å². The van der Waals surface area contributed by atoms with Gasteiger partial charge in [-0.25, -0.2) is 22.5 Å². The van der Waals surface area contributed by atoms with Crippen LogP contribution < -0.4 is 10.0 Å². The zero-order valence-corrected chi connectivity index (χ0v) is 18.7. The van der Waals surface area contributed by atoms with Gasteiger partial charge >= 0.3 is 0 Å². The molecule has 0 fully saturated rings. The van der Waals surface area contributed by atoms with Crippen LogP contribution in [0.1, 0.15) is 21.6 Å². The van der Waals surface area contributed by atoms with Gasteiger partial charge in [-0.15, -0.1) is 0 Å². The van der Waals surface area contributed by atoms with Gasteiger partial charge in [0.15, 0.2) is 0 Å². The number of hydrogen-bond donors (Lipinski definition) is 2. The fourth-order valence-corrected chi connectivity index (χ4v) is 4.33. The molecule has 0 aliphatic rings. The van der Waals surface area contributed by atoms with E-state index in [0.29, 0.717) is 22.3 Å². The third-order valence-corrected chi connectivity index (χ3v) is 6.51. The van der Waals surface area contributed by atoms with Crippen molar-refractivity contribution in [2.45, 2.75) is 18.7 Å². The summed E-state index contributed by atoms with van der Waals surface area (Å²) in [6.45, 7) is 3.62. The number of hydrogen-bond acceptors (Lipinski definition) is 6. The molecule has 4 rings (SSSR count). The molecule has 1 amide bonds. The molecule has 10 heteroatoms. The van der Waals surface area contributed by atoms with Crippen molar-refractivity contribution < 1.29 is 22.1 Å². The van der Waals surface area contributed by atoms with Gasteiger partial charge in [0, 0.05) is 18.7 Å². The lowest BCUT2D eigenvalue weighted by Gasteiger charge is -2.10. The molecule has 4 aromatic rings. The molecule has 2 heterocycles. The van der Waals surface area contributed by atoms with E-state index in [-0.39, 0.29) is 35.1 Å². The lowest BCUT2D eigenvalue weighted by Crippen LogP contribution is -2.34. The van der Waals surface area contributed by atoms with Crippen LogP contribution >= 0.6 is 0 Å². The molecule has 2 aromatic heterocycles. The Hall–Kier alpha value is -3.63. The number of nitrogens with zero attached hydrogens (tertiary/aromatic N) is 2. The van der Waals surface area contributed by atoms with E-state index in [4.69, 9.17) is 4.52 Å². The van der Waals surface area contributed by atoms with Crippen LogP contribution in [0.3, 0.4) is 0 Å². The van der Waals surface area contributed by atoms with E-state index in [1.54, 1.807) is 37.3 Å². The van der Waals surface area contributed by atoms with Crippen molar-refractivity contribution in [2.24, 2.45) is 0 Å². The quantitative estimate of drug-likeness (QED) is 0.402. The van der Waals surface area contributed by atoms with Crippen LogP contribution in [0.4, 0.5) is 4.39 Å². The fraction of sp³-hybridized carbons (Fsp3) is 0.174. The molecule has 0 radical (unpaired) electrons. The highest BCUT2D eigenvalue weighted by molar-refractivity contribution is 7.89. The van der Waals surface area contributed by atoms with Crippen molar-refractivity contribution in [1.29, 1.82) is 0 Å². The van der Waals surface area contributed by atoms with Crippen molar-refractivity contribution in [1.82, 2.24) is 20.2 Å². The Balaban J connectivity index is 1.50. The Morgan fingerprint density at radius 3 is 2.42 bits per heavy atom. The van der Waals surface area contributed by atoms with Gasteiger partial charge in [0.1, 0.15) is 5.82 Å². The second-order valence-electron chi connectivity index (χ2n) is 7.48. The molecule has 170 valence electrons. The maximum absolute atomic E-state index is 13.3. The van der Waals surface area contributed by atoms with Gasteiger partial charge in [0.25, 0.3) is 11.6 Å². The number of carbonyl (C=O) groups excluding carboxylic acids is 1. The smallest absolute Gasteiger partial charge is 0.259 e. The molecule has 0 atom stereocenters. The number of sulfonamides is 1. The monoisotopic (exact) mass is 468 g/mol. The van der Waals surface area contributed by atoms with Crippen LogP contribution in [0.15, 0.2) is 64.0 Å². The van der Waals surface area contributed by atoms with Crippen LogP contribution in [0.5, 0.6) is 0 Å². The third kappa shape index (κ3) is 4.91. The number of nitrogens with one attached hydrogen (secondary N) is 2. The highest BCUT2D eigenvalue weighted by Gasteiger charge is 2.20. The van der Waals surface area contributed by atoms with E-state index < -0.39 is 15.9 Å². The van der Waals surface area contributed by atoms with Gasteiger partial charge in [0.05, 0.1) is 27.2 Å². The van der Waals surface area contributed by atoms with Gasteiger partial charge in [-0.3, -0.25) is 4.79 Å². The predicted molar refractivity (Wildman–Crippen MR) is 121 cm³/mol. The minimum Gasteiger partial charge on any atom is -0.351 e. The highest BCUT2D eigenvalue weighted by atomic mass is 32.2. The summed E-state index contributed by atoms with van der Waals surface area (Å²) in [5, 5.41) is 7.05. The fourth-order valence-electron chi connectivity index (χ4n) is 3.30. The molecule has 2 N–H and O–H groups in total. The van der Waals surface area contributed by atoms with Crippen LogP contribution in [0.2, 0.25) is 0 Å². The molecule has 0 saturated heterocycles. The first kappa shape index (κ1) is 22.6. The number of halogens is 1. The zero-order chi connectivity index (χ0) is 23.6. The molecule has 2 aromatic carbocycles. The number of fused-ring (bicyclic) bond motifs is 1. The van der Waals surface area contributed by atoms with Crippen molar-refractivity contribution in [2.75, 3.05) is 13.1 Å². The average Bonchev–Trinajstić information content (AvgIpc) is 3.17. The number of pyridine rings is 1. The Labute approximate surface area is 189 Å². The normalized spacial score (nSPS) is 11.6. The van der Waals surface area contributed by atoms with E-state index in [1.165, 1.54) is 24.3 Å². The maximum atomic E-state index is 13.3. The summed E-state index contributed by atoms with van der Waals surface area (Å²) in [6.07, 6.45) is 0. The Morgan fingerprint density at radius 1 is 1.03 bits per heavy atom. The molecule has 8 nitrogen and oxygen atoms in total. The van der Waals surface area contributed by atoms with Gasteiger partial charge in [0.2, 0.25) is 10.0 Å². The molecule has 0 aliphatic carbocycles. The first-order valence-electron chi connectivity index (χ1n) is 10.1. The Bertz CT molecular complexity index is 1420. The van der Waals surface area contributed by atoms with Gasteiger partial charge < -0.3 is 9.84 Å². The van der Waals surface area contributed by atoms with E-state index in [1.807, 2.05) is 6.92 Å². The van der Waals surface area contributed by atoms with Crippen molar-refractivity contribution in [3.63, 3.8) is 0 Å². The van der Waals surface area contributed by atoms with E-state index in [0.717, 1.165) is 5.56 Å². The van der Waals surface area contributed by atoms with E-state index in [2.05, 4.69) is 20.2 Å². The predicted octanol–water partition coefficient (Wildman–Crippen LogP) is 3.35. The highest BCUT2D eigenvalue weighted by Crippen LogP contribution is 2.27. The second-order valence-corrected chi connectivity index (χ2v) is 9.24. The number of benzene rings is 2. The molecule has 0 bridgehead atoms. The summed E-state index contributed by atoms with van der Waals surface area (Å²) in [4.78, 5) is 17.5. The minimum atomic E-state index is -3.69. The lowest BCUT2D eigenvalue weighted by atomic mass is 10.1. The molecule has 0 unspecified atom stereocenters. The number of aryl methyl sites for hydroxylation is 2. The topological polar surface area (TPSA) is 114 Å². The lowest BCUT2D eigenvalue weighted by molar-refractivity contribution is 0.0956. The van der Waals surface area contributed by atoms with Gasteiger partial charge in [-0.05, 0) is 56.3 Å². The summed E-state index contributed by atoms with van der Waals surface area (Å²) in [7, 11) is -3.69. The number of carbonyl (C=O) groups is 1. The summed E-state index contributed by atoms with van der Waals surface area (Å²) in [6, 6.07) is 13.7. The van der Waals surface area contributed by atoms with Gasteiger partial charge in [-0.1, -0.05) is 22.9 Å². The SMILES string of the molecule is Cc1ccc(S(=O)(=O)NCCNC(=O)c2cc(-c3ccc(F)cc3)nc3onc(C)c23)cc1. The van der Waals surface area contributed by atoms with Gasteiger partial charge in [-0.2, -0.15) is 0 Å². The van der Waals surface area contributed by atoms with Crippen LogP contribution in [0, 0.1) is 19.7 Å². The Kier molecular flexibility index (Phi) is 6.21. The molecule has 0 aliphatic heterocycles. The van der Waals surface area contributed by atoms with Crippen molar-refractivity contribution in [3.8, 4) is 11.3 Å². The van der Waals surface area contributed by atoms with E-state index >= 15 is 0 Å². The molecule has 0 saturated carbocycles. The van der Waals surface area contributed by atoms with Crippen molar-refractivity contribution in [3.05, 3.63) is 77.2 Å². The zero-order valence-electron chi connectivity index (χ0n) is 17.9. The largest absolute Gasteiger partial charge is 0.351 e. The second kappa shape index (κ2) is 9.08. The minimum absolute atomic E-state index is 0.00359. The van der Waals surface area contributed by atoms with Crippen molar-refractivity contribution >= 4 is 27.0 Å². The maximum Gasteiger partial charge on any atom is 0.259 e. The summed E-state index contributed by atoms with van der Waals surface area (Å²) in [5.41, 5.74) is 2.93. The van der Waals surface area contributed by atoms with Crippen LogP contribution in [-0.2, 0) is 10.0 Å². The third-order valence-electron chi connectivity index (χ3n) is 5.04. The molecular weight excluding hydrogens is 447 g/mol. The number of amides is 1.